The Balaban J connectivity index is 1.66. The van der Waals surface area contributed by atoms with E-state index < -0.39 is 11.7 Å². The van der Waals surface area contributed by atoms with E-state index in [1.54, 1.807) is 6.07 Å². The molecule has 1 aromatic rings. The number of nitrogens with zero attached hydrogens (tertiary/aromatic N) is 1. The van der Waals surface area contributed by atoms with E-state index >= 15 is 0 Å². The minimum Gasteiger partial charge on any atom is -0.342 e. The number of amides is 1. The maximum Gasteiger partial charge on any atom is 0.416 e. The maximum atomic E-state index is 12.7. The fraction of sp³-hybridized carbons (Fsp3) is 0.562. The van der Waals surface area contributed by atoms with Crippen molar-refractivity contribution in [2.45, 2.75) is 24.9 Å². The van der Waals surface area contributed by atoms with Crippen LogP contribution in [0.3, 0.4) is 0 Å². The number of carbonyl (C=O) groups is 1. The molecule has 6 heteroatoms. The average molecular weight is 312 g/mol. The van der Waals surface area contributed by atoms with Gasteiger partial charge in [0, 0.05) is 19.0 Å². The number of likely N-dealkylation sites (tertiary alicyclic amines) is 1. The Hall–Kier alpha value is -1.56. The van der Waals surface area contributed by atoms with E-state index in [1.807, 2.05) is 4.90 Å². The number of benzene rings is 1. The summed E-state index contributed by atoms with van der Waals surface area (Å²) in [4.78, 5) is 14.2. The molecule has 1 amide bonds. The smallest absolute Gasteiger partial charge is 0.342 e. The highest BCUT2D eigenvalue weighted by molar-refractivity contribution is 5.83. The van der Waals surface area contributed by atoms with Crippen molar-refractivity contribution in [3.05, 3.63) is 35.4 Å². The monoisotopic (exact) mass is 312 g/mol. The summed E-state index contributed by atoms with van der Waals surface area (Å²) in [6, 6.07) is 5.33. The molecule has 0 spiro atoms. The number of hydrogen-bond donors (Lipinski definition) is 1. The summed E-state index contributed by atoms with van der Waals surface area (Å²) >= 11 is 0. The second-order valence-corrected chi connectivity index (χ2v) is 6.25. The molecular formula is C16H19F3N2O. The first-order valence-electron chi connectivity index (χ1n) is 7.56. The van der Waals surface area contributed by atoms with Crippen LogP contribution in [0, 0.1) is 11.8 Å². The Bertz CT molecular complexity index is 573. The quantitative estimate of drug-likeness (QED) is 0.932. The molecule has 0 aromatic heterocycles. The Morgan fingerprint density at radius 3 is 2.77 bits per heavy atom. The molecule has 1 aliphatic carbocycles. The Morgan fingerprint density at radius 1 is 1.36 bits per heavy atom. The molecule has 0 radical (unpaired) electrons. The molecule has 3 rings (SSSR count). The summed E-state index contributed by atoms with van der Waals surface area (Å²) in [5.74, 6) is 0.180. The van der Waals surface area contributed by atoms with Crippen LogP contribution in [0.1, 0.15) is 29.9 Å². The van der Waals surface area contributed by atoms with Gasteiger partial charge in [-0.15, -0.1) is 0 Å². The molecule has 1 aliphatic heterocycles. The van der Waals surface area contributed by atoms with Gasteiger partial charge in [-0.3, -0.25) is 4.79 Å². The molecule has 2 aliphatic rings. The first-order chi connectivity index (χ1) is 10.4. The molecule has 120 valence electrons. The standard InChI is InChI=1S/C16H19F3N2O/c17-16(18,19)12-3-1-2-11(6-12)13-7-14(13)15(22)21-5-4-10(8-20)9-21/h1-3,6,10,13-14H,4-5,7-9,20H2/t10-,13-,14-/m0/s1. The molecule has 1 saturated heterocycles. The zero-order chi connectivity index (χ0) is 15.9. The fourth-order valence-corrected chi connectivity index (χ4v) is 3.24. The zero-order valence-electron chi connectivity index (χ0n) is 12.1. The molecule has 2 N–H and O–H groups in total. The van der Waals surface area contributed by atoms with Crippen LogP contribution in [0.25, 0.3) is 0 Å². The van der Waals surface area contributed by atoms with Crippen molar-refractivity contribution in [3.8, 4) is 0 Å². The Kier molecular flexibility index (Phi) is 3.89. The lowest BCUT2D eigenvalue weighted by Gasteiger charge is -2.16. The average Bonchev–Trinajstić information content (AvgIpc) is 3.15. The third-order valence-electron chi connectivity index (χ3n) is 4.68. The van der Waals surface area contributed by atoms with Crippen molar-refractivity contribution >= 4 is 5.91 Å². The highest BCUT2D eigenvalue weighted by Gasteiger charge is 2.47. The zero-order valence-corrected chi connectivity index (χ0v) is 12.1. The summed E-state index contributed by atoms with van der Waals surface area (Å²) in [6.45, 7) is 1.97. The predicted octanol–water partition coefficient (Wildman–Crippen LogP) is 2.62. The van der Waals surface area contributed by atoms with E-state index in [0.29, 0.717) is 37.5 Å². The summed E-state index contributed by atoms with van der Waals surface area (Å²) < 4.78 is 38.2. The number of carbonyl (C=O) groups excluding carboxylic acids is 1. The summed E-state index contributed by atoms with van der Waals surface area (Å²) in [6.07, 6.45) is -2.78. The lowest BCUT2D eigenvalue weighted by molar-refractivity contribution is -0.137. The van der Waals surface area contributed by atoms with Gasteiger partial charge in [-0.25, -0.2) is 0 Å². The van der Waals surface area contributed by atoms with Gasteiger partial charge < -0.3 is 10.6 Å². The van der Waals surface area contributed by atoms with Crippen LogP contribution in [0.4, 0.5) is 13.2 Å². The predicted molar refractivity (Wildman–Crippen MR) is 76.0 cm³/mol. The molecule has 1 heterocycles. The molecule has 0 bridgehead atoms. The molecular weight excluding hydrogens is 293 g/mol. The van der Waals surface area contributed by atoms with Gasteiger partial charge in [-0.2, -0.15) is 13.2 Å². The van der Waals surface area contributed by atoms with Gasteiger partial charge in [0.15, 0.2) is 0 Å². The molecule has 2 fully saturated rings. The second-order valence-electron chi connectivity index (χ2n) is 6.25. The molecule has 1 aromatic carbocycles. The van der Waals surface area contributed by atoms with Gasteiger partial charge in [0.05, 0.1) is 5.56 Å². The van der Waals surface area contributed by atoms with Gasteiger partial charge in [0.25, 0.3) is 0 Å². The SMILES string of the molecule is NC[C@@H]1CCN(C(=O)[C@H]2C[C@H]2c2cccc(C(F)(F)F)c2)C1. The van der Waals surface area contributed by atoms with Crippen molar-refractivity contribution in [1.29, 1.82) is 0 Å². The first-order valence-corrected chi connectivity index (χ1v) is 7.56. The highest BCUT2D eigenvalue weighted by atomic mass is 19.4. The van der Waals surface area contributed by atoms with E-state index in [-0.39, 0.29) is 17.7 Å². The summed E-state index contributed by atoms with van der Waals surface area (Å²) in [5.41, 5.74) is 5.59. The topological polar surface area (TPSA) is 46.3 Å². The minimum atomic E-state index is -4.34. The Labute approximate surface area is 127 Å². The van der Waals surface area contributed by atoms with Crippen molar-refractivity contribution in [2.24, 2.45) is 17.6 Å². The summed E-state index contributed by atoms with van der Waals surface area (Å²) in [7, 11) is 0. The largest absolute Gasteiger partial charge is 0.416 e. The maximum absolute atomic E-state index is 12.7. The number of hydrogen-bond acceptors (Lipinski definition) is 2. The number of alkyl halides is 3. The van der Waals surface area contributed by atoms with Crippen molar-refractivity contribution in [3.63, 3.8) is 0 Å². The van der Waals surface area contributed by atoms with E-state index in [9.17, 15) is 18.0 Å². The molecule has 0 unspecified atom stereocenters. The van der Waals surface area contributed by atoms with Crippen LogP contribution in [-0.4, -0.2) is 30.4 Å². The van der Waals surface area contributed by atoms with Gasteiger partial charge in [-0.05, 0) is 42.9 Å². The van der Waals surface area contributed by atoms with Crippen LogP contribution >= 0.6 is 0 Å². The van der Waals surface area contributed by atoms with Gasteiger partial charge >= 0.3 is 6.18 Å². The lowest BCUT2D eigenvalue weighted by atomic mass is 10.1. The van der Waals surface area contributed by atoms with E-state index in [2.05, 4.69) is 0 Å². The van der Waals surface area contributed by atoms with Crippen LogP contribution in [0.2, 0.25) is 0 Å². The highest BCUT2D eigenvalue weighted by Crippen LogP contribution is 2.49. The number of nitrogens with two attached hydrogens (primary N) is 1. The third-order valence-corrected chi connectivity index (χ3v) is 4.68. The van der Waals surface area contributed by atoms with Gasteiger partial charge in [0.2, 0.25) is 5.91 Å². The molecule has 3 atom stereocenters. The van der Waals surface area contributed by atoms with E-state index in [4.69, 9.17) is 5.73 Å². The van der Waals surface area contributed by atoms with E-state index in [0.717, 1.165) is 12.5 Å². The molecule has 1 saturated carbocycles. The Morgan fingerprint density at radius 2 is 2.14 bits per heavy atom. The van der Waals surface area contributed by atoms with Gasteiger partial charge in [-0.1, -0.05) is 18.2 Å². The normalized spacial score (nSPS) is 28.0. The van der Waals surface area contributed by atoms with Crippen molar-refractivity contribution < 1.29 is 18.0 Å². The number of halogens is 3. The molecule has 22 heavy (non-hydrogen) atoms. The number of rotatable bonds is 3. The van der Waals surface area contributed by atoms with Gasteiger partial charge in [0.1, 0.15) is 0 Å². The molecule has 3 nitrogen and oxygen atoms in total. The van der Waals surface area contributed by atoms with Crippen molar-refractivity contribution in [2.75, 3.05) is 19.6 Å². The second kappa shape index (κ2) is 5.57. The van der Waals surface area contributed by atoms with Crippen LogP contribution < -0.4 is 5.73 Å². The van der Waals surface area contributed by atoms with Crippen LogP contribution in [-0.2, 0) is 11.0 Å². The van der Waals surface area contributed by atoms with Crippen molar-refractivity contribution in [1.82, 2.24) is 4.90 Å². The third kappa shape index (κ3) is 2.97. The first kappa shape index (κ1) is 15.3. The lowest BCUT2D eigenvalue weighted by Crippen LogP contribution is -2.31. The summed E-state index contributed by atoms with van der Waals surface area (Å²) in [5, 5.41) is 0. The van der Waals surface area contributed by atoms with E-state index in [1.165, 1.54) is 12.1 Å². The minimum absolute atomic E-state index is 0.0679. The van der Waals surface area contributed by atoms with Crippen LogP contribution in [0.15, 0.2) is 24.3 Å². The van der Waals surface area contributed by atoms with Crippen LogP contribution in [0.5, 0.6) is 0 Å². The fourth-order valence-electron chi connectivity index (χ4n) is 3.24.